The van der Waals surface area contributed by atoms with E-state index in [1.807, 2.05) is 19.9 Å². The molecule has 16 heavy (non-hydrogen) atoms. The third kappa shape index (κ3) is 2.94. The molecule has 0 aliphatic carbocycles. The van der Waals surface area contributed by atoms with E-state index in [-0.39, 0.29) is 5.41 Å². The lowest BCUT2D eigenvalue weighted by atomic mass is 9.80. The summed E-state index contributed by atoms with van der Waals surface area (Å²) in [6.07, 6.45) is 1.00. The second kappa shape index (κ2) is 4.33. The van der Waals surface area contributed by atoms with Gasteiger partial charge in [0.05, 0.1) is 0 Å². The van der Waals surface area contributed by atoms with Crippen LogP contribution in [0.4, 0.5) is 0 Å². The molecule has 1 aromatic rings. The number of hydrogen-bond donors (Lipinski definition) is 0. The van der Waals surface area contributed by atoms with Gasteiger partial charge >= 0.3 is 0 Å². The number of carbonyl (C=O) groups is 1. The smallest absolute Gasteiger partial charge is 0.129 e. The predicted molar refractivity (Wildman–Crippen MR) is 71.9 cm³/mol. The normalized spacial score (nSPS) is 12.6. The zero-order valence-electron chi connectivity index (χ0n) is 10.6. The van der Waals surface area contributed by atoms with Gasteiger partial charge in [0.2, 0.25) is 0 Å². The van der Waals surface area contributed by atoms with E-state index in [1.165, 1.54) is 5.56 Å². The zero-order chi connectivity index (χ0) is 12.6. The van der Waals surface area contributed by atoms with Crippen molar-refractivity contribution < 1.29 is 4.79 Å². The summed E-state index contributed by atoms with van der Waals surface area (Å²) >= 11 is 3.51. The van der Waals surface area contributed by atoms with Crippen LogP contribution in [0.25, 0.3) is 0 Å². The Kier molecular flexibility index (Phi) is 3.63. The fourth-order valence-electron chi connectivity index (χ4n) is 1.46. The average Bonchev–Trinajstić information content (AvgIpc) is 2.15. The summed E-state index contributed by atoms with van der Waals surface area (Å²) < 4.78 is 1.03. The van der Waals surface area contributed by atoms with Crippen LogP contribution in [-0.2, 0) is 15.6 Å². The highest BCUT2D eigenvalue weighted by Crippen LogP contribution is 2.31. The highest BCUT2D eigenvalue weighted by molar-refractivity contribution is 9.10. The van der Waals surface area contributed by atoms with E-state index in [9.17, 15) is 4.79 Å². The van der Waals surface area contributed by atoms with Crippen LogP contribution in [0.2, 0.25) is 0 Å². The molecule has 0 spiro atoms. The lowest BCUT2D eigenvalue weighted by Gasteiger charge is -2.24. The Morgan fingerprint density at radius 3 is 1.94 bits per heavy atom. The van der Waals surface area contributed by atoms with Crippen molar-refractivity contribution in [3.63, 3.8) is 0 Å². The van der Waals surface area contributed by atoms with Gasteiger partial charge in [-0.2, -0.15) is 0 Å². The van der Waals surface area contributed by atoms with E-state index in [4.69, 9.17) is 0 Å². The summed E-state index contributed by atoms with van der Waals surface area (Å²) in [6, 6.07) is 6.26. The average molecular weight is 283 g/mol. The van der Waals surface area contributed by atoms with Gasteiger partial charge in [0.15, 0.2) is 0 Å². The summed E-state index contributed by atoms with van der Waals surface area (Å²) in [4.78, 5) is 11.1. The minimum absolute atomic E-state index is 0.0947. The van der Waals surface area contributed by atoms with Crippen LogP contribution in [-0.4, -0.2) is 6.29 Å². The van der Waals surface area contributed by atoms with Gasteiger partial charge in [-0.05, 0) is 42.5 Å². The fraction of sp³-hybridized carbons (Fsp3) is 0.500. The topological polar surface area (TPSA) is 17.1 Å². The number of benzene rings is 1. The molecule has 0 heterocycles. The minimum atomic E-state index is -0.427. The first-order valence-corrected chi connectivity index (χ1v) is 6.24. The van der Waals surface area contributed by atoms with Crippen LogP contribution in [0, 0.1) is 0 Å². The van der Waals surface area contributed by atoms with Crippen LogP contribution in [0.3, 0.4) is 0 Å². The van der Waals surface area contributed by atoms with Gasteiger partial charge in [-0.1, -0.05) is 42.8 Å². The summed E-state index contributed by atoms with van der Waals surface area (Å²) in [5, 5.41) is 0. The van der Waals surface area contributed by atoms with Crippen molar-refractivity contribution in [3.05, 3.63) is 33.8 Å². The van der Waals surface area contributed by atoms with Crippen molar-refractivity contribution in [2.45, 2.75) is 45.4 Å². The maximum absolute atomic E-state index is 11.1. The van der Waals surface area contributed by atoms with E-state index in [1.54, 1.807) is 0 Å². The third-order valence-corrected chi connectivity index (χ3v) is 3.26. The highest BCUT2D eigenvalue weighted by atomic mass is 79.9. The Balaban J connectivity index is 3.34. The van der Waals surface area contributed by atoms with E-state index >= 15 is 0 Å². The van der Waals surface area contributed by atoms with Gasteiger partial charge in [0, 0.05) is 9.89 Å². The van der Waals surface area contributed by atoms with Crippen molar-refractivity contribution >= 4 is 22.2 Å². The summed E-state index contributed by atoms with van der Waals surface area (Å²) in [5.74, 6) is 0. The van der Waals surface area contributed by atoms with Crippen LogP contribution in [0.1, 0.15) is 45.7 Å². The second-order valence-corrected chi connectivity index (χ2v) is 6.73. The van der Waals surface area contributed by atoms with Crippen molar-refractivity contribution in [2.24, 2.45) is 0 Å². The van der Waals surface area contributed by atoms with Crippen LogP contribution in [0.15, 0.2) is 22.7 Å². The molecular formula is C14H19BrO. The molecule has 0 fully saturated rings. The van der Waals surface area contributed by atoms with Gasteiger partial charge in [0.1, 0.15) is 6.29 Å². The van der Waals surface area contributed by atoms with Crippen LogP contribution < -0.4 is 0 Å². The number of carbonyl (C=O) groups excluding carboxylic acids is 1. The van der Waals surface area contributed by atoms with E-state index < -0.39 is 5.41 Å². The Morgan fingerprint density at radius 2 is 1.50 bits per heavy atom. The SMILES string of the molecule is CC(C)(C)c1cc(Br)cc(C(C)(C)C=O)c1. The van der Waals surface area contributed by atoms with E-state index in [0.717, 1.165) is 16.3 Å². The van der Waals surface area contributed by atoms with Gasteiger partial charge < -0.3 is 4.79 Å². The third-order valence-electron chi connectivity index (χ3n) is 2.80. The zero-order valence-corrected chi connectivity index (χ0v) is 12.2. The highest BCUT2D eigenvalue weighted by Gasteiger charge is 2.23. The van der Waals surface area contributed by atoms with Crippen molar-refractivity contribution in [1.82, 2.24) is 0 Å². The Labute approximate surface area is 106 Å². The molecule has 88 valence electrons. The molecule has 2 heteroatoms. The van der Waals surface area contributed by atoms with E-state index in [0.29, 0.717) is 0 Å². The van der Waals surface area contributed by atoms with Crippen molar-refractivity contribution in [1.29, 1.82) is 0 Å². The molecule has 1 aromatic carbocycles. The number of halogens is 1. The summed E-state index contributed by atoms with van der Waals surface area (Å²) in [7, 11) is 0. The Hall–Kier alpha value is -0.630. The Morgan fingerprint density at radius 1 is 1.00 bits per heavy atom. The van der Waals surface area contributed by atoms with Gasteiger partial charge in [-0.25, -0.2) is 0 Å². The first kappa shape index (κ1) is 13.4. The molecule has 0 saturated heterocycles. The molecule has 0 aliphatic heterocycles. The van der Waals surface area contributed by atoms with Gasteiger partial charge in [0.25, 0.3) is 0 Å². The molecule has 1 rings (SSSR count). The summed E-state index contributed by atoms with van der Waals surface area (Å²) in [5.41, 5.74) is 1.97. The maximum atomic E-state index is 11.1. The standard InChI is InChI=1S/C14H19BrO/c1-13(2,3)10-6-11(8-12(15)7-10)14(4,5)9-16/h6-9H,1-5H3. The second-order valence-electron chi connectivity index (χ2n) is 5.82. The molecule has 0 radical (unpaired) electrons. The first-order valence-electron chi connectivity index (χ1n) is 5.45. The lowest BCUT2D eigenvalue weighted by Crippen LogP contribution is -2.20. The largest absolute Gasteiger partial charge is 0.302 e. The molecule has 0 unspecified atom stereocenters. The van der Waals surface area contributed by atoms with Gasteiger partial charge in [-0.3, -0.25) is 0 Å². The lowest BCUT2D eigenvalue weighted by molar-refractivity contribution is -0.111. The molecule has 1 nitrogen and oxygen atoms in total. The predicted octanol–water partition coefficient (Wildman–Crippen LogP) is 4.22. The van der Waals surface area contributed by atoms with Crippen LogP contribution >= 0.6 is 15.9 Å². The maximum Gasteiger partial charge on any atom is 0.129 e. The molecule has 0 aliphatic rings. The fourth-order valence-corrected chi connectivity index (χ4v) is 1.96. The quantitative estimate of drug-likeness (QED) is 0.742. The molecular weight excluding hydrogens is 264 g/mol. The van der Waals surface area contributed by atoms with E-state index in [2.05, 4.69) is 48.8 Å². The van der Waals surface area contributed by atoms with Crippen molar-refractivity contribution in [2.75, 3.05) is 0 Å². The van der Waals surface area contributed by atoms with Crippen LogP contribution in [0.5, 0.6) is 0 Å². The molecule has 0 aromatic heterocycles. The minimum Gasteiger partial charge on any atom is -0.302 e. The summed E-state index contributed by atoms with van der Waals surface area (Å²) in [6.45, 7) is 10.4. The Bertz CT molecular complexity index is 400. The monoisotopic (exact) mass is 282 g/mol. The molecule has 0 atom stereocenters. The molecule has 0 saturated carbocycles. The van der Waals surface area contributed by atoms with Gasteiger partial charge in [-0.15, -0.1) is 0 Å². The molecule has 0 N–H and O–H groups in total. The molecule has 0 bridgehead atoms. The first-order chi connectivity index (χ1) is 7.16. The number of rotatable bonds is 2. The van der Waals surface area contributed by atoms with Crippen molar-refractivity contribution in [3.8, 4) is 0 Å². The molecule has 0 amide bonds. The number of hydrogen-bond acceptors (Lipinski definition) is 1. The number of aldehydes is 1.